The van der Waals surface area contributed by atoms with E-state index >= 15 is 0 Å². The number of methoxy groups -OCH3 is 1. The lowest BCUT2D eigenvalue weighted by molar-refractivity contribution is 0.0520. The highest BCUT2D eigenvalue weighted by Gasteiger charge is 2.28. The van der Waals surface area contributed by atoms with E-state index in [2.05, 4.69) is 9.97 Å². The van der Waals surface area contributed by atoms with Gasteiger partial charge in [-0.25, -0.2) is 18.2 Å². The number of thiazole rings is 1. The summed E-state index contributed by atoms with van der Waals surface area (Å²) in [5.74, 6) is -0.521. The molecular weight excluding hydrogens is 426 g/mol. The van der Waals surface area contributed by atoms with E-state index in [0.29, 0.717) is 23.6 Å². The summed E-state index contributed by atoms with van der Waals surface area (Å²) in [6, 6.07) is 8.67. The normalized spacial score (nSPS) is 11.8. The third kappa shape index (κ3) is 5.01. The smallest absolute Gasteiger partial charge is 0.357 e. The van der Waals surface area contributed by atoms with Gasteiger partial charge in [-0.3, -0.25) is 4.98 Å². The minimum Gasteiger partial charge on any atom is -0.461 e. The largest absolute Gasteiger partial charge is 0.461 e. The number of pyridine rings is 1. The van der Waals surface area contributed by atoms with Crippen molar-refractivity contribution >= 4 is 38.2 Å². The van der Waals surface area contributed by atoms with Gasteiger partial charge in [-0.1, -0.05) is 18.2 Å². The molecule has 0 atom stereocenters. The van der Waals surface area contributed by atoms with Crippen molar-refractivity contribution in [1.29, 1.82) is 0 Å². The number of sulfonamides is 1. The summed E-state index contributed by atoms with van der Waals surface area (Å²) in [6.45, 7) is 2.67. The van der Waals surface area contributed by atoms with Crippen LogP contribution in [0, 0.1) is 0 Å². The molecule has 8 nitrogen and oxygen atoms in total. The Labute approximate surface area is 179 Å². The van der Waals surface area contributed by atoms with Crippen LogP contribution in [0.15, 0.2) is 46.8 Å². The van der Waals surface area contributed by atoms with E-state index in [-0.39, 0.29) is 30.3 Å². The van der Waals surface area contributed by atoms with Crippen LogP contribution >= 0.6 is 11.3 Å². The minimum absolute atomic E-state index is 0.0410. The number of carbonyl (C=O) groups is 1. The van der Waals surface area contributed by atoms with Gasteiger partial charge in [0.2, 0.25) is 10.0 Å². The van der Waals surface area contributed by atoms with E-state index in [1.54, 1.807) is 43.8 Å². The molecule has 0 saturated heterocycles. The van der Waals surface area contributed by atoms with Crippen LogP contribution in [-0.2, 0) is 26.0 Å². The van der Waals surface area contributed by atoms with Crippen LogP contribution in [0.1, 0.15) is 28.8 Å². The highest BCUT2D eigenvalue weighted by atomic mass is 32.2. The molecule has 0 aliphatic rings. The fourth-order valence-corrected chi connectivity index (χ4v) is 5.39. The van der Waals surface area contributed by atoms with E-state index in [9.17, 15) is 13.2 Å². The predicted octanol–water partition coefficient (Wildman–Crippen LogP) is 3.10. The quantitative estimate of drug-likeness (QED) is 0.346. The molecule has 160 valence electrons. The van der Waals surface area contributed by atoms with Gasteiger partial charge in [-0.05, 0) is 25.5 Å². The average molecular weight is 450 g/mol. The van der Waals surface area contributed by atoms with Crippen LogP contribution in [0.25, 0.3) is 10.9 Å². The molecule has 10 heteroatoms. The number of ether oxygens (including phenoxy) is 2. The van der Waals surface area contributed by atoms with Crippen molar-refractivity contribution in [3.8, 4) is 0 Å². The number of nitrogens with zero attached hydrogens (tertiary/aromatic N) is 3. The summed E-state index contributed by atoms with van der Waals surface area (Å²) in [7, 11) is -2.29. The number of rotatable bonds is 10. The fourth-order valence-electron chi connectivity index (χ4n) is 2.93. The molecule has 1 aromatic carbocycles. The Hall–Kier alpha value is -2.40. The maximum absolute atomic E-state index is 13.5. The molecule has 0 unspecified atom stereocenters. The molecule has 0 fully saturated rings. The lowest BCUT2D eigenvalue weighted by atomic mass is 10.2. The molecule has 3 rings (SSSR count). The molecule has 2 heterocycles. The lowest BCUT2D eigenvalue weighted by Gasteiger charge is -2.21. The number of benzene rings is 1. The topological polar surface area (TPSA) is 98.7 Å². The van der Waals surface area contributed by atoms with Gasteiger partial charge in [0.15, 0.2) is 5.69 Å². The Balaban J connectivity index is 1.93. The van der Waals surface area contributed by atoms with Crippen LogP contribution in [0.5, 0.6) is 0 Å². The van der Waals surface area contributed by atoms with Crippen molar-refractivity contribution in [2.24, 2.45) is 0 Å². The lowest BCUT2D eigenvalue weighted by Crippen LogP contribution is -2.32. The molecule has 0 radical (unpaired) electrons. The molecule has 0 amide bonds. The molecule has 0 aliphatic heterocycles. The average Bonchev–Trinajstić information content (AvgIpc) is 3.22. The maximum atomic E-state index is 13.5. The summed E-state index contributed by atoms with van der Waals surface area (Å²) in [5, 5.41) is 2.83. The number of esters is 1. The minimum atomic E-state index is -3.86. The fraction of sp³-hybridized carbons (Fsp3) is 0.350. The first-order chi connectivity index (χ1) is 14.5. The number of fused-ring (bicyclic) bond motifs is 1. The summed E-state index contributed by atoms with van der Waals surface area (Å²) >= 11 is 1.22. The van der Waals surface area contributed by atoms with Gasteiger partial charge in [0.1, 0.15) is 9.90 Å². The molecule has 0 bridgehead atoms. The van der Waals surface area contributed by atoms with Gasteiger partial charge < -0.3 is 9.47 Å². The van der Waals surface area contributed by atoms with Crippen molar-refractivity contribution in [1.82, 2.24) is 14.3 Å². The van der Waals surface area contributed by atoms with Gasteiger partial charge in [0.05, 0.1) is 18.7 Å². The first-order valence-electron chi connectivity index (χ1n) is 9.41. The SMILES string of the molecule is CCOC(=O)c1csc(CN(CCCOC)S(=O)(=O)c2cccc3cccnc23)n1. The molecule has 0 spiro atoms. The van der Waals surface area contributed by atoms with E-state index in [1.165, 1.54) is 15.6 Å². The predicted molar refractivity (Wildman–Crippen MR) is 114 cm³/mol. The number of para-hydroxylation sites is 1. The Morgan fingerprint density at radius 1 is 1.23 bits per heavy atom. The zero-order chi connectivity index (χ0) is 21.6. The number of aromatic nitrogens is 2. The zero-order valence-corrected chi connectivity index (χ0v) is 18.4. The Kier molecular flexibility index (Phi) is 7.48. The van der Waals surface area contributed by atoms with Crippen molar-refractivity contribution in [2.75, 3.05) is 26.9 Å². The van der Waals surface area contributed by atoms with Gasteiger partial charge >= 0.3 is 5.97 Å². The molecule has 0 aliphatic carbocycles. The van der Waals surface area contributed by atoms with Crippen molar-refractivity contribution < 1.29 is 22.7 Å². The molecule has 0 N–H and O–H groups in total. The standard InChI is InChI=1S/C20H23N3O5S2/c1-3-28-20(24)16-14-29-18(22-16)13-23(11-6-12-27-2)30(25,26)17-9-4-7-15-8-5-10-21-19(15)17/h4-5,7-10,14H,3,6,11-13H2,1-2H3. The second-order valence-corrected chi connectivity index (χ2v) is 9.21. The van der Waals surface area contributed by atoms with Gasteiger partial charge in [-0.2, -0.15) is 4.31 Å². The van der Waals surface area contributed by atoms with Gasteiger partial charge in [0, 0.05) is 37.2 Å². The molecule has 2 aromatic heterocycles. The first-order valence-corrected chi connectivity index (χ1v) is 11.7. The summed E-state index contributed by atoms with van der Waals surface area (Å²) in [4.78, 5) is 20.6. The number of carbonyl (C=O) groups excluding carboxylic acids is 1. The van der Waals surface area contributed by atoms with Crippen LogP contribution < -0.4 is 0 Å². The van der Waals surface area contributed by atoms with E-state index in [4.69, 9.17) is 9.47 Å². The van der Waals surface area contributed by atoms with E-state index in [1.807, 2.05) is 12.1 Å². The first kappa shape index (κ1) is 22.3. The van der Waals surface area contributed by atoms with E-state index in [0.717, 1.165) is 5.39 Å². The zero-order valence-electron chi connectivity index (χ0n) is 16.8. The summed E-state index contributed by atoms with van der Waals surface area (Å²) in [5.41, 5.74) is 0.598. The molecule has 30 heavy (non-hydrogen) atoms. The third-order valence-electron chi connectivity index (χ3n) is 4.32. The van der Waals surface area contributed by atoms with Crippen LogP contribution in [0.4, 0.5) is 0 Å². The van der Waals surface area contributed by atoms with Crippen LogP contribution in [0.3, 0.4) is 0 Å². The molecular formula is C20H23N3O5S2. The molecule has 3 aromatic rings. The Bertz CT molecular complexity index is 1110. The van der Waals surface area contributed by atoms with Crippen molar-refractivity contribution in [2.45, 2.75) is 24.8 Å². The summed E-state index contributed by atoms with van der Waals surface area (Å²) in [6.07, 6.45) is 2.09. The van der Waals surface area contributed by atoms with Crippen molar-refractivity contribution in [3.05, 3.63) is 52.6 Å². The highest BCUT2D eigenvalue weighted by molar-refractivity contribution is 7.89. The second kappa shape index (κ2) is 10.1. The van der Waals surface area contributed by atoms with Crippen molar-refractivity contribution in [3.63, 3.8) is 0 Å². The van der Waals surface area contributed by atoms with Crippen LogP contribution in [-0.4, -0.2) is 55.5 Å². The molecule has 0 saturated carbocycles. The van der Waals surface area contributed by atoms with Gasteiger partial charge in [-0.15, -0.1) is 11.3 Å². The number of hydrogen-bond acceptors (Lipinski definition) is 8. The van der Waals surface area contributed by atoms with Crippen LogP contribution in [0.2, 0.25) is 0 Å². The van der Waals surface area contributed by atoms with Gasteiger partial charge in [0.25, 0.3) is 0 Å². The van der Waals surface area contributed by atoms with E-state index < -0.39 is 16.0 Å². The maximum Gasteiger partial charge on any atom is 0.357 e. The Morgan fingerprint density at radius 3 is 2.80 bits per heavy atom. The second-order valence-electron chi connectivity index (χ2n) is 6.36. The Morgan fingerprint density at radius 2 is 2.03 bits per heavy atom. The highest BCUT2D eigenvalue weighted by Crippen LogP contribution is 2.26. The summed E-state index contributed by atoms with van der Waals surface area (Å²) < 4.78 is 38.4. The number of hydrogen-bond donors (Lipinski definition) is 0. The monoisotopic (exact) mass is 449 g/mol. The third-order valence-corrected chi connectivity index (χ3v) is 7.03.